The monoisotopic (exact) mass is 348 g/mol. The van der Waals surface area contributed by atoms with Crippen molar-refractivity contribution in [2.75, 3.05) is 39.3 Å². The Labute approximate surface area is 151 Å². The second kappa shape index (κ2) is 12.2. The summed E-state index contributed by atoms with van der Waals surface area (Å²) in [6.07, 6.45) is 0.429. The van der Waals surface area contributed by atoms with Crippen LogP contribution < -0.4 is 15.4 Å². The van der Waals surface area contributed by atoms with Gasteiger partial charge in [-0.15, -0.1) is 0 Å². The highest BCUT2D eigenvalue weighted by molar-refractivity contribution is 5.80. The van der Waals surface area contributed by atoms with Crippen molar-refractivity contribution in [3.05, 3.63) is 29.8 Å². The van der Waals surface area contributed by atoms with Gasteiger partial charge in [0.2, 0.25) is 5.91 Å². The van der Waals surface area contributed by atoms with Crippen molar-refractivity contribution in [3.63, 3.8) is 0 Å². The van der Waals surface area contributed by atoms with E-state index in [2.05, 4.69) is 15.6 Å². The highest BCUT2D eigenvalue weighted by atomic mass is 16.5. The third kappa shape index (κ3) is 8.42. The number of aryl methyl sites for hydroxylation is 1. The van der Waals surface area contributed by atoms with Gasteiger partial charge in [0.25, 0.3) is 0 Å². The van der Waals surface area contributed by atoms with Crippen LogP contribution in [0.25, 0.3) is 0 Å². The van der Waals surface area contributed by atoms with Crippen molar-refractivity contribution < 1.29 is 9.53 Å². The summed E-state index contributed by atoms with van der Waals surface area (Å²) >= 11 is 0. The Morgan fingerprint density at radius 3 is 2.60 bits per heavy atom. The SMILES string of the molecule is CCNC(=NCCC(=O)N(CC)CC)NCCOc1cccc(C)c1. The number of nitrogens with one attached hydrogen (secondary N) is 2. The number of aliphatic imine (C=N–C) groups is 1. The zero-order valence-corrected chi connectivity index (χ0v) is 16.0. The molecule has 0 heterocycles. The highest BCUT2D eigenvalue weighted by Gasteiger charge is 2.08. The molecule has 1 amide bonds. The predicted molar refractivity (Wildman–Crippen MR) is 103 cm³/mol. The lowest BCUT2D eigenvalue weighted by Gasteiger charge is -2.18. The molecule has 0 aliphatic carbocycles. The number of ether oxygens (including phenoxy) is 1. The van der Waals surface area contributed by atoms with E-state index in [1.807, 2.05) is 56.9 Å². The van der Waals surface area contributed by atoms with E-state index in [1.165, 1.54) is 5.56 Å². The molecule has 6 nitrogen and oxygen atoms in total. The van der Waals surface area contributed by atoms with Crippen LogP contribution in [0.1, 0.15) is 32.8 Å². The summed E-state index contributed by atoms with van der Waals surface area (Å²) < 4.78 is 5.71. The molecule has 0 aliphatic rings. The summed E-state index contributed by atoms with van der Waals surface area (Å²) in [5, 5.41) is 6.41. The number of hydrogen-bond acceptors (Lipinski definition) is 3. The number of rotatable bonds is 10. The Morgan fingerprint density at radius 1 is 1.20 bits per heavy atom. The molecule has 1 aromatic rings. The second-order valence-corrected chi connectivity index (χ2v) is 5.67. The first-order valence-corrected chi connectivity index (χ1v) is 9.10. The average molecular weight is 348 g/mol. The van der Waals surface area contributed by atoms with Gasteiger partial charge in [-0.1, -0.05) is 12.1 Å². The van der Waals surface area contributed by atoms with E-state index in [0.717, 1.165) is 25.4 Å². The lowest BCUT2D eigenvalue weighted by atomic mass is 10.2. The lowest BCUT2D eigenvalue weighted by Crippen LogP contribution is -2.39. The molecule has 0 bridgehead atoms. The highest BCUT2D eigenvalue weighted by Crippen LogP contribution is 2.11. The minimum atomic E-state index is 0.146. The van der Waals surface area contributed by atoms with Crippen molar-refractivity contribution in [1.82, 2.24) is 15.5 Å². The minimum Gasteiger partial charge on any atom is -0.492 e. The summed E-state index contributed by atoms with van der Waals surface area (Å²) in [7, 11) is 0. The zero-order chi connectivity index (χ0) is 18.5. The molecule has 140 valence electrons. The number of carbonyl (C=O) groups excluding carboxylic acids is 1. The van der Waals surface area contributed by atoms with Crippen LogP contribution in [0.3, 0.4) is 0 Å². The summed E-state index contributed by atoms with van der Waals surface area (Å²) in [5.74, 6) is 1.73. The van der Waals surface area contributed by atoms with Gasteiger partial charge in [0, 0.05) is 26.1 Å². The first-order chi connectivity index (χ1) is 12.1. The second-order valence-electron chi connectivity index (χ2n) is 5.67. The summed E-state index contributed by atoms with van der Waals surface area (Å²) in [5.41, 5.74) is 1.18. The molecule has 0 atom stereocenters. The van der Waals surface area contributed by atoms with E-state index in [4.69, 9.17) is 4.74 Å². The molecule has 6 heteroatoms. The average Bonchev–Trinajstić information content (AvgIpc) is 2.60. The van der Waals surface area contributed by atoms with Crippen molar-refractivity contribution >= 4 is 11.9 Å². The Kier molecular flexibility index (Phi) is 10.1. The maximum Gasteiger partial charge on any atom is 0.224 e. The molecular formula is C19H32N4O2. The van der Waals surface area contributed by atoms with Crippen LogP contribution in [0.5, 0.6) is 5.75 Å². The summed E-state index contributed by atoms with van der Waals surface area (Å²) in [6.45, 7) is 12.0. The van der Waals surface area contributed by atoms with Crippen LogP contribution in [0.2, 0.25) is 0 Å². The maximum atomic E-state index is 12.0. The first-order valence-electron chi connectivity index (χ1n) is 9.10. The standard InChI is InChI=1S/C19H32N4O2/c1-5-20-19(21-12-11-18(24)23(6-2)7-3)22-13-14-25-17-10-8-9-16(4)15-17/h8-10,15H,5-7,11-14H2,1-4H3,(H2,20,21,22). The maximum absolute atomic E-state index is 12.0. The van der Waals surface area contributed by atoms with E-state index in [9.17, 15) is 4.79 Å². The minimum absolute atomic E-state index is 0.146. The molecular weight excluding hydrogens is 316 g/mol. The lowest BCUT2D eigenvalue weighted by molar-refractivity contribution is -0.130. The van der Waals surface area contributed by atoms with Gasteiger partial charge in [-0.3, -0.25) is 9.79 Å². The Morgan fingerprint density at radius 2 is 1.96 bits per heavy atom. The molecule has 0 radical (unpaired) electrons. The molecule has 1 aromatic carbocycles. The van der Waals surface area contributed by atoms with Crippen molar-refractivity contribution in [2.24, 2.45) is 4.99 Å². The molecule has 0 spiro atoms. The molecule has 0 saturated carbocycles. The first kappa shape index (κ1) is 20.8. The van der Waals surface area contributed by atoms with E-state index >= 15 is 0 Å². The molecule has 0 unspecified atom stereocenters. The van der Waals surface area contributed by atoms with Crippen molar-refractivity contribution in [2.45, 2.75) is 34.1 Å². The zero-order valence-electron chi connectivity index (χ0n) is 16.0. The van der Waals surface area contributed by atoms with E-state index < -0.39 is 0 Å². The van der Waals surface area contributed by atoms with Gasteiger partial charge in [-0.2, -0.15) is 0 Å². The smallest absolute Gasteiger partial charge is 0.224 e. The largest absolute Gasteiger partial charge is 0.492 e. The Balaban J connectivity index is 2.36. The number of amides is 1. The fourth-order valence-corrected chi connectivity index (χ4v) is 2.38. The van der Waals surface area contributed by atoms with Crippen LogP contribution in [0.4, 0.5) is 0 Å². The normalized spacial score (nSPS) is 11.1. The molecule has 0 aliphatic heterocycles. The molecule has 0 saturated heterocycles. The molecule has 1 rings (SSSR count). The van der Waals surface area contributed by atoms with Crippen molar-refractivity contribution in [3.8, 4) is 5.75 Å². The number of guanidine groups is 1. The van der Waals surface area contributed by atoms with Crippen LogP contribution in [0.15, 0.2) is 29.3 Å². The fourth-order valence-electron chi connectivity index (χ4n) is 2.38. The van der Waals surface area contributed by atoms with Gasteiger partial charge in [-0.05, 0) is 45.4 Å². The van der Waals surface area contributed by atoms with Gasteiger partial charge in [0.15, 0.2) is 5.96 Å². The van der Waals surface area contributed by atoms with E-state index in [0.29, 0.717) is 32.1 Å². The van der Waals surface area contributed by atoms with Gasteiger partial charge < -0.3 is 20.3 Å². The van der Waals surface area contributed by atoms with Gasteiger partial charge in [0.05, 0.1) is 13.1 Å². The van der Waals surface area contributed by atoms with E-state index in [-0.39, 0.29) is 5.91 Å². The van der Waals surface area contributed by atoms with Crippen LogP contribution in [-0.4, -0.2) is 56.1 Å². The number of hydrogen-bond donors (Lipinski definition) is 2. The third-order valence-electron chi connectivity index (χ3n) is 3.71. The molecule has 0 aromatic heterocycles. The quantitative estimate of drug-likeness (QED) is 0.386. The Hall–Kier alpha value is -2.24. The van der Waals surface area contributed by atoms with Gasteiger partial charge in [0.1, 0.15) is 12.4 Å². The van der Waals surface area contributed by atoms with Crippen LogP contribution in [-0.2, 0) is 4.79 Å². The molecule has 0 fully saturated rings. The molecule has 25 heavy (non-hydrogen) atoms. The number of carbonyl (C=O) groups is 1. The van der Waals surface area contributed by atoms with Crippen molar-refractivity contribution in [1.29, 1.82) is 0 Å². The van der Waals surface area contributed by atoms with Crippen LogP contribution in [0, 0.1) is 6.92 Å². The fraction of sp³-hybridized carbons (Fsp3) is 0.579. The number of nitrogens with zero attached hydrogens (tertiary/aromatic N) is 2. The Bertz CT molecular complexity index is 542. The van der Waals surface area contributed by atoms with Gasteiger partial charge >= 0.3 is 0 Å². The third-order valence-corrected chi connectivity index (χ3v) is 3.71. The van der Waals surface area contributed by atoms with Gasteiger partial charge in [-0.25, -0.2) is 0 Å². The summed E-state index contributed by atoms with van der Waals surface area (Å²) in [6, 6.07) is 7.99. The number of benzene rings is 1. The van der Waals surface area contributed by atoms with E-state index in [1.54, 1.807) is 0 Å². The van der Waals surface area contributed by atoms with Crippen LogP contribution >= 0.6 is 0 Å². The topological polar surface area (TPSA) is 66.0 Å². The predicted octanol–water partition coefficient (Wildman–Crippen LogP) is 2.19. The summed E-state index contributed by atoms with van der Waals surface area (Å²) in [4.78, 5) is 18.3. The molecule has 2 N–H and O–H groups in total.